The van der Waals surface area contributed by atoms with Gasteiger partial charge in [-0.1, -0.05) is 0 Å². The highest BCUT2D eigenvalue weighted by atomic mass is 19.4. The van der Waals surface area contributed by atoms with Crippen LogP contribution in [0.25, 0.3) is 11.0 Å². The maximum absolute atomic E-state index is 13.9. The molecule has 4 heterocycles. The Balaban J connectivity index is 1.82. The van der Waals surface area contributed by atoms with Crippen molar-refractivity contribution >= 4 is 16.9 Å². The standard InChI is InChI=1S/C20H19F3N6O3/c1-27-16-15(18(31)28(2)19(27)32)12(20(21,22)23)8-13(26-16)11-4-3-7-29(10-11)17(30)14-9-24-5-6-25-14/h5-6,8-9,11H,3-4,7,10H2,1-2H3. The van der Waals surface area contributed by atoms with Crippen molar-refractivity contribution in [3.8, 4) is 0 Å². The highest BCUT2D eigenvalue weighted by molar-refractivity contribution is 5.92. The molecule has 1 amide bonds. The lowest BCUT2D eigenvalue weighted by Gasteiger charge is -2.32. The summed E-state index contributed by atoms with van der Waals surface area (Å²) in [5.41, 5.74) is -3.10. The van der Waals surface area contributed by atoms with Gasteiger partial charge in [-0.05, 0) is 18.9 Å². The number of amides is 1. The number of carbonyl (C=O) groups is 1. The molecule has 0 saturated carbocycles. The van der Waals surface area contributed by atoms with E-state index in [9.17, 15) is 27.6 Å². The van der Waals surface area contributed by atoms with E-state index in [1.807, 2.05) is 0 Å². The molecule has 3 aromatic rings. The van der Waals surface area contributed by atoms with Crippen molar-refractivity contribution in [3.63, 3.8) is 0 Å². The minimum atomic E-state index is -4.83. The Kier molecular flexibility index (Phi) is 5.31. The number of fused-ring (bicyclic) bond motifs is 1. The maximum Gasteiger partial charge on any atom is 0.417 e. The number of carbonyl (C=O) groups excluding carboxylic acids is 1. The van der Waals surface area contributed by atoms with Gasteiger partial charge in [0.05, 0.1) is 17.1 Å². The third-order valence-electron chi connectivity index (χ3n) is 5.64. The van der Waals surface area contributed by atoms with Gasteiger partial charge in [-0.15, -0.1) is 0 Å². The molecule has 9 nitrogen and oxygen atoms in total. The lowest BCUT2D eigenvalue weighted by atomic mass is 9.92. The summed E-state index contributed by atoms with van der Waals surface area (Å²) in [5, 5.41) is -0.658. The number of halogens is 3. The Morgan fingerprint density at radius 2 is 1.91 bits per heavy atom. The van der Waals surface area contributed by atoms with Gasteiger partial charge in [-0.25, -0.2) is 14.8 Å². The van der Waals surface area contributed by atoms with Gasteiger partial charge in [0.25, 0.3) is 11.5 Å². The summed E-state index contributed by atoms with van der Waals surface area (Å²) in [6, 6.07) is 0.856. The SMILES string of the molecule is Cn1c(=O)c2c(C(F)(F)F)cc(C3CCCN(C(=O)c4cnccn4)C3)nc2n(C)c1=O. The molecule has 1 fully saturated rings. The number of likely N-dealkylation sites (tertiary alicyclic amines) is 1. The Morgan fingerprint density at radius 1 is 1.16 bits per heavy atom. The molecule has 0 radical (unpaired) electrons. The van der Waals surface area contributed by atoms with Gasteiger partial charge in [0, 0.05) is 51.2 Å². The van der Waals surface area contributed by atoms with Gasteiger partial charge in [0.1, 0.15) is 11.3 Å². The van der Waals surface area contributed by atoms with Crippen LogP contribution >= 0.6 is 0 Å². The molecule has 0 spiro atoms. The number of aryl methyl sites for hydroxylation is 1. The summed E-state index contributed by atoms with van der Waals surface area (Å²) in [5.74, 6) is -0.880. The zero-order chi connectivity index (χ0) is 23.2. The van der Waals surface area contributed by atoms with E-state index in [-0.39, 0.29) is 29.5 Å². The Bertz CT molecular complexity index is 1320. The van der Waals surface area contributed by atoms with Crippen molar-refractivity contribution in [1.82, 2.24) is 29.0 Å². The first-order valence-electron chi connectivity index (χ1n) is 9.82. The number of nitrogens with zero attached hydrogens (tertiary/aromatic N) is 6. The first-order valence-corrected chi connectivity index (χ1v) is 9.82. The second-order valence-electron chi connectivity index (χ2n) is 7.68. The van der Waals surface area contributed by atoms with Crippen LogP contribution in [-0.2, 0) is 20.3 Å². The molecule has 1 aliphatic rings. The second kappa shape index (κ2) is 7.84. The maximum atomic E-state index is 13.9. The first kappa shape index (κ1) is 21.7. The van der Waals surface area contributed by atoms with Crippen LogP contribution in [0.4, 0.5) is 13.2 Å². The minimum absolute atomic E-state index is 0.0738. The molecule has 4 rings (SSSR count). The normalized spacial score (nSPS) is 17.0. The highest BCUT2D eigenvalue weighted by Gasteiger charge is 2.37. The number of piperidine rings is 1. The number of hydrogen-bond donors (Lipinski definition) is 0. The summed E-state index contributed by atoms with van der Waals surface area (Å²) in [6.45, 7) is 0.550. The van der Waals surface area contributed by atoms with E-state index in [0.717, 1.165) is 17.7 Å². The van der Waals surface area contributed by atoms with Crippen LogP contribution in [0.5, 0.6) is 0 Å². The van der Waals surface area contributed by atoms with Gasteiger partial charge in [0.15, 0.2) is 0 Å². The molecule has 1 aliphatic heterocycles. The fourth-order valence-corrected chi connectivity index (χ4v) is 3.98. The van der Waals surface area contributed by atoms with E-state index in [2.05, 4.69) is 15.0 Å². The number of alkyl halides is 3. The number of aromatic nitrogens is 5. The van der Waals surface area contributed by atoms with Gasteiger partial charge in [-0.3, -0.25) is 23.7 Å². The Hall–Kier alpha value is -3.57. The summed E-state index contributed by atoms with van der Waals surface area (Å²) < 4.78 is 43.2. The quantitative estimate of drug-likeness (QED) is 0.588. The van der Waals surface area contributed by atoms with E-state index in [0.29, 0.717) is 24.0 Å². The molecule has 3 aromatic heterocycles. The predicted octanol–water partition coefficient (Wildman–Crippen LogP) is 1.46. The molecule has 0 aromatic carbocycles. The van der Waals surface area contributed by atoms with E-state index < -0.39 is 34.3 Å². The van der Waals surface area contributed by atoms with E-state index >= 15 is 0 Å². The predicted molar refractivity (Wildman–Crippen MR) is 107 cm³/mol. The number of rotatable bonds is 2. The monoisotopic (exact) mass is 448 g/mol. The van der Waals surface area contributed by atoms with Crippen LogP contribution in [0.3, 0.4) is 0 Å². The van der Waals surface area contributed by atoms with E-state index in [1.165, 1.54) is 30.5 Å². The largest absolute Gasteiger partial charge is 0.417 e. The van der Waals surface area contributed by atoms with Crippen molar-refractivity contribution in [1.29, 1.82) is 0 Å². The molecule has 0 aliphatic carbocycles. The van der Waals surface area contributed by atoms with Crippen molar-refractivity contribution < 1.29 is 18.0 Å². The zero-order valence-corrected chi connectivity index (χ0v) is 17.3. The van der Waals surface area contributed by atoms with Crippen LogP contribution in [0.2, 0.25) is 0 Å². The molecular weight excluding hydrogens is 429 g/mol. The fourth-order valence-electron chi connectivity index (χ4n) is 3.98. The Morgan fingerprint density at radius 3 is 2.56 bits per heavy atom. The number of pyridine rings is 1. The minimum Gasteiger partial charge on any atom is -0.337 e. The van der Waals surface area contributed by atoms with Crippen molar-refractivity contribution in [2.24, 2.45) is 14.1 Å². The third kappa shape index (κ3) is 3.65. The lowest BCUT2D eigenvalue weighted by Crippen LogP contribution is -2.40. The van der Waals surface area contributed by atoms with Crippen LogP contribution in [0, 0.1) is 0 Å². The molecule has 1 unspecified atom stereocenters. The smallest absolute Gasteiger partial charge is 0.337 e. The van der Waals surface area contributed by atoms with E-state index in [1.54, 1.807) is 0 Å². The molecule has 32 heavy (non-hydrogen) atoms. The van der Waals surface area contributed by atoms with Crippen LogP contribution in [0.1, 0.15) is 40.5 Å². The zero-order valence-electron chi connectivity index (χ0n) is 17.3. The number of hydrogen-bond acceptors (Lipinski definition) is 6. The summed E-state index contributed by atoms with van der Waals surface area (Å²) in [4.78, 5) is 51.2. The molecule has 0 N–H and O–H groups in total. The van der Waals surface area contributed by atoms with Gasteiger partial charge in [-0.2, -0.15) is 13.2 Å². The van der Waals surface area contributed by atoms with Gasteiger partial charge < -0.3 is 4.90 Å². The van der Waals surface area contributed by atoms with Crippen LogP contribution in [0.15, 0.2) is 34.2 Å². The summed E-state index contributed by atoms with van der Waals surface area (Å²) in [6.07, 6.45) is 0.362. The highest BCUT2D eigenvalue weighted by Crippen LogP contribution is 2.36. The van der Waals surface area contributed by atoms with Gasteiger partial charge >= 0.3 is 11.9 Å². The first-order chi connectivity index (χ1) is 15.1. The van der Waals surface area contributed by atoms with Crippen molar-refractivity contribution in [3.05, 3.63) is 62.4 Å². The van der Waals surface area contributed by atoms with Crippen molar-refractivity contribution in [2.45, 2.75) is 24.9 Å². The topological polar surface area (TPSA) is 103 Å². The molecule has 1 saturated heterocycles. The van der Waals surface area contributed by atoms with E-state index in [4.69, 9.17) is 0 Å². The second-order valence-corrected chi connectivity index (χ2v) is 7.68. The van der Waals surface area contributed by atoms with Crippen molar-refractivity contribution in [2.75, 3.05) is 13.1 Å². The fraction of sp³-hybridized carbons (Fsp3) is 0.400. The average molecular weight is 448 g/mol. The summed E-state index contributed by atoms with van der Waals surface area (Å²) >= 11 is 0. The van der Waals surface area contributed by atoms with Crippen LogP contribution in [-0.4, -0.2) is 48.0 Å². The molecule has 1 atom stereocenters. The Labute approximate surface area is 179 Å². The summed E-state index contributed by atoms with van der Waals surface area (Å²) in [7, 11) is 2.39. The molecule has 0 bridgehead atoms. The average Bonchev–Trinajstić information content (AvgIpc) is 2.80. The third-order valence-corrected chi connectivity index (χ3v) is 5.64. The molecule has 168 valence electrons. The molecular formula is C20H19F3N6O3. The lowest BCUT2D eigenvalue weighted by molar-refractivity contribution is -0.136. The molecule has 12 heteroatoms. The van der Waals surface area contributed by atoms with Crippen LogP contribution < -0.4 is 11.2 Å². The van der Waals surface area contributed by atoms with Gasteiger partial charge in [0.2, 0.25) is 0 Å².